The van der Waals surface area contributed by atoms with Gasteiger partial charge in [0.2, 0.25) is 0 Å². The SMILES string of the molecule is O=S1COc2cc(N3CC4(CC(c5ncc(Cl)cn5)C4)C3)nc(NC3(CO)CCC3)c21. The highest BCUT2D eigenvalue weighted by molar-refractivity contribution is 7.85. The number of rotatable bonds is 5. The molecule has 6 rings (SSSR count). The first kappa shape index (κ1) is 19.7. The van der Waals surface area contributed by atoms with Crippen LogP contribution in [0.1, 0.15) is 43.8 Å². The van der Waals surface area contributed by atoms with Gasteiger partial charge in [-0.3, -0.25) is 4.21 Å². The number of pyridine rings is 1. The van der Waals surface area contributed by atoms with Gasteiger partial charge in [0.1, 0.15) is 28.1 Å². The maximum Gasteiger partial charge on any atom is 0.168 e. The molecule has 2 N–H and O–H groups in total. The van der Waals surface area contributed by atoms with E-state index in [9.17, 15) is 9.32 Å². The molecule has 2 aromatic rings. The third-order valence-corrected chi connectivity index (χ3v) is 8.59. The summed E-state index contributed by atoms with van der Waals surface area (Å²) in [6, 6.07) is 1.91. The van der Waals surface area contributed by atoms with Crippen LogP contribution >= 0.6 is 11.6 Å². The Morgan fingerprint density at radius 1 is 1.29 bits per heavy atom. The van der Waals surface area contributed by atoms with Gasteiger partial charge in [-0.05, 0) is 32.1 Å². The van der Waals surface area contributed by atoms with E-state index >= 15 is 0 Å². The van der Waals surface area contributed by atoms with E-state index < -0.39 is 10.8 Å². The molecule has 31 heavy (non-hydrogen) atoms. The fourth-order valence-corrected chi connectivity index (χ4v) is 6.41. The lowest BCUT2D eigenvalue weighted by atomic mass is 9.57. The van der Waals surface area contributed by atoms with Crippen LogP contribution in [-0.2, 0) is 10.8 Å². The normalized spacial score (nSPS) is 25.2. The number of hydrogen-bond donors (Lipinski definition) is 2. The zero-order valence-electron chi connectivity index (χ0n) is 17.0. The Labute approximate surface area is 187 Å². The molecule has 0 bridgehead atoms. The summed E-state index contributed by atoms with van der Waals surface area (Å²) in [6.45, 7) is 1.90. The fourth-order valence-electron chi connectivity index (χ4n) is 5.31. The van der Waals surface area contributed by atoms with E-state index in [-0.39, 0.29) is 23.5 Å². The third kappa shape index (κ3) is 3.20. The van der Waals surface area contributed by atoms with Crippen molar-refractivity contribution in [3.63, 3.8) is 0 Å². The molecule has 0 radical (unpaired) electrons. The van der Waals surface area contributed by atoms with Crippen LogP contribution in [0.2, 0.25) is 5.02 Å². The van der Waals surface area contributed by atoms with Gasteiger partial charge in [0, 0.05) is 42.9 Å². The molecule has 164 valence electrons. The largest absolute Gasteiger partial charge is 0.478 e. The van der Waals surface area contributed by atoms with Crippen LogP contribution in [0.25, 0.3) is 0 Å². The van der Waals surface area contributed by atoms with Gasteiger partial charge in [-0.15, -0.1) is 0 Å². The first-order valence-corrected chi connectivity index (χ1v) is 12.4. The van der Waals surface area contributed by atoms with Crippen molar-refractivity contribution < 1.29 is 14.1 Å². The van der Waals surface area contributed by atoms with Crippen LogP contribution in [0.3, 0.4) is 0 Å². The van der Waals surface area contributed by atoms with Gasteiger partial charge in [-0.25, -0.2) is 15.0 Å². The van der Waals surface area contributed by atoms with Crippen molar-refractivity contribution in [2.45, 2.75) is 48.5 Å². The monoisotopic (exact) mass is 461 g/mol. The molecule has 4 heterocycles. The van der Waals surface area contributed by atoms with Crippen LogP contribution in [0, 0.1) is 5.41 Å². The molecule has 2 aliphatic heterocycles. The van der Waals surface area contributed by atoms with Crippen molar-refractivity contribution >= 4 is 34.0 Å². The minimum absolute atomic E-state index is 0.0438. The number of hydrogen-bond acceptors (Lipinski definition) is 8. The van der Waals surface area contributed by atoms with E-state index in [4.69, 9.17) is 21.3 Å². The van der Waals surface area contributed by atoms with Crippen LogP contribution < -0.4 is 15.0 Å². The Hall–Kier alpha value is -1.97. The summed E-state index contributed by atoms with van der Waals surface area (Å²) in [5.74, 6) is 3.50. The fraction of sp³-hybridized carbons (Fsp3) is 0.571. The topological polar surface area (TPSA) is 100 Å². The maximum atomic E-state index is 12.5. The average molecular weight is 462 g/mol. The van der Waals surface area contributed by atoms with Crippen LogP contribution in [0.4, 0.5) is 11.6 Å². The number of halogens is 1. The maximum absolute atomic E-state index is 12.5. The number of nitrogens with one attached hydrogen (secondary N) is 1. The van der Waals surface area contributed by atoms with Crippen molar-refractivity contribution in [3.05, 3.63) is 29.3 Å². The van der Waals surface area contributed by atoms with Gasteiger partial charge in [0.15, 0.2) is 5.94 Å². The smallest absolute Gasteiger partial charge is 0.168 e. The van der Waals surface area contributed by atoms with E-state index in [1.54, 1.807) is 12.4 Å². The van der Waals surface area contributed by atoms with Crippen LogP contribution in [0.5, 0.6) is 5.75 Å². The van der Waals surface area contributed by atoms with E-state index in [0.29, 0.717) is 27.4 Å². The lowest BCUT2D eigenvalue weighted by Crippen LogP contribution is -2.62. The highest BCUT2D eigenvalue weighted by Crippen LogP contribution is 2.56. The molecule has 8 nitrogen and oxygen atoms in total. The lowest BCUT2D eigenvalue weighted by molar-refractivity contribution is 0.0589. The van der Waals surface area contributed by atoms with E-state index in [0.717, 1.165) is 56.8 Å². The summed E-state index contributed by atoms with van der Waals surface area (Å²) in [7, 11) is -1.23. The Bertz CT molecular complexity index is 1040. The Morgan fingerprint density at radius 2 is 2.03 bits per heavy atom. The summed E-state index contributed by atoms with van der Waals surface area (Å²) < 4.78 is 18.2. The second-order valence-electron chi connectivity index (χ2n) is 9.40. The minimum Gasteiger partial charge on any atom is -0.478 e. The highest BCUT2D eigenvalue weighted by Gasteiger charge is 2.54. The van der Waals surface area contributed by atoms with Crippen molar-refractivity contribution in [2.24, 2.45) is 5.41 Å². The van der Waals surface area contributed by atoms with Gasteiger partial charge in [-0.1, -0.05) is 11.6 Å². The van der Waals surface area contributed by atoms with Crippen LogP contribution in [0.15, 0.2) is 23.4 Å². The van der Waals surface area contributed by atoms with Gasteiger partial charge < -0.3 is 20.1 Å². The third-order valence-electron chi connectivity index (χ3n) is 7.21. The minimum atomic E-state index is -1.23. The summed E-state index contributed by atoms with van der Waals surface area (Å²) in [4.78, 5) is 16.5. The summed E-state index contributed by atoms with van der Waals surface area (Å²) in [6.07, 6.45) is 8.30. The number of fused-ring (bicyclic) bond motifs is 1. The van der Waals surface area contributed by atoms with Gasteiger partial charge in [-0.2, -0.15) is 0 Å². The van der Waals surface area contributed by atoms with E-state index in [2.05, 4.69) is 20.2 Å². The van der Waals surface area contributed by atoms with E-state index in [1.807, 2.05) is 6.07 Å². The molecule has 2 aromatic heterocycles. The number of aliphatic hydroxyl groups is 1. The van der Waals surface area contributed by atoms with Gasteiger partial charge in [0.05, 0.1) is 28.0 Å². The Balaban J connectivity index is 1.18. The standard InChI is InChI=1S/C21H24ClN5O3S/c22-14-7-23-18(24-8-14)13-5-20(6-13)9-27(10-20)16-4-15-17(31(29)12-30-15)19(25-16)26-21(11-28)2-1-3-21/h4,7-8,13,28H,1-3,5-6,9-12H2,(H,25,26). The van der Waals surface area contributed by atoms with Gasteiger partial charge >= 0.3 is 0 Å². The number of aliphatic hydroxyl groups excluding tert-OH is 1. The molecule has 1 unspecified atom stereocenters. The predicted octanol–water partition coefficient (Wildman–Crippen LogP) is 2.69. The molecular weight excluding hydrogens is 438 g/mol. The average Bonchev–Trinajstić information content (AvgIpc) is 3.05. The molecule has 1 saturated heterocycles. The van der Waals surface area contributed by atoms with Crippen molar-refractivity contribution in [1.29, 1.82) is 0 Å². The van der Waals surface area contributed by atoms with E-state index in [1.165, 1.54) is 0 Å². The molecular formula is C21H24ClN5O3S. The molecule has 2 saturated carbocycles. The number of ether oxygens (including phenoxy) is 1. The van der Waals surface area contributed by atoms with Gasteiger partial charge in [0.25, 0.3) is 0 Å². The van der Waals surface area contributed by atoms with Crippen molar-refractivity contribution in [3.8, 4) is 5.75 Å². The molecule has 3 fully saturated rings. The molecule has 0 aromatic carbocycles. The quantitative estimate of drug-likeness (QED) is 0.701. The van der Waals surface area contributed by atoms with Crippen molar-refractivity contribution in [2.75, 3.05) is 35.9 Å². The predicted molar refractivity (Wildman–Crippen MR) is 117 cm³/mol. The molecule has 1 atom stereocenters. The summed E-state index contributed by atoms with van der Waals surface area (Å²) in [5.41, 5.74) is -0.0754. The second kappa shape index (κ2) is 7.02. The first-order valence-electron chi connectivity index (χ1n) is 10.7. The molecule has 10 heteroatoms. The van der Waals surface area contributed by atoms with Crippen molar-refractivity contribution in [1.82, 2.24) is 15.0 Å². The molecule has 0 amide bonds. The molecule has 4 aliphatic rings. The first-order chi connectivity index (χ1) is 15.0. The summed E-state index contributed by atoms with van der Waals surface area (Å²) >= 11 is 5.90. The summed E-state index contributed by atoms with van der Waals surface area (Å²) in [5, 5.41) is 13.8. The second-order valence-corrected chi connectivity index (χ2v) is 11.2. The number of aromatic nitrogens is 3. The zero-order chi connectivity index (χ0) is 21.2. The zero-order valence-corrected chi connectivity index (χ0v) is 18.6. The molecule has 1 spiro atoms. The Kier molecular flexibility index (Phi) is 4.46. The number of nitrogens with zero attached hydrogens (tertiary/aromatic N) is 4. The highest BCUT2D eigenvalue weighted by atomic mass is 35.5. The molecule has 2 aliphatic carbocycles. The van der Waals surface area contributed by atoms with Crippen LogP contribution in [-0.4, -0.2) is 55.4 Å². The Morgan fingerprint density at radius 3 is 2.68 bits per heavy atom. The lowest BCUT2D eigenvalue weighted by Gasteiger charge is -2.59. The number of anilines is 2.